The Morgan fingerprint density at radius 2 is 1.82 bits per heavy atom. The Morgan fingerprint density at radius 3 is 2.50 bits per heavy atom. The molecule has 4 nitrogen and oxygen atoms in total. The summed E-state index contributed by atoms with van der Waals surface area (Å²) in [4.78, 5) is 25.5. The Balaban J connectivity index is 1.98. The van der Waals surface area contributed by atoms with Crippen LogP contribution < -0.4 is 0 Å². The van der Waals surface area contributed by atoms with Crippen molar-refractivity contribution < 1.29 is 14.7 Å². The molecule has 1 aliphatic heterocycles. The summed E-state index contributed by atoms with van der Waals surface area (Å²) in [5.74, 6) is -0.938. The first kappa shape index (κ1) is 16.5. The maximum absolute atomic E-state index is 12.4. The number of nitrogens with zero attached hydrogens (tertiary/aromatic N) is 1. The fraction of sp³-hybridized carbons (Fsp3) is 0.556. The zero-order valence-corrected chi connectivity index (χ0v) is 13.3. The number of unbranched alkanes of at least 4 members (excludes halogenated alkanes) is 4. The molecule has 0 aromatic heterocycles. The molecule has 0 bridgehead atoms. The molecule has 0 fully saturated rings. The number of hydrogen-bond acceptors (Lipinski definition) is 2. The summed E-state index contributed by atoms with van der Waals surface area (Å²) in [6.07, 6.45) is 6.28. The fourth-order valence-electron chi connectivity index (χ4n) is 3.03. The zero-order chi connectivity index (χ0) is 15.9. The summed E-state index contributed by atoms with van der Waals surface area (Å²) >= 11 is 0. The molecule has 1 aromatic rings. The molecule has 1 atom stereocenters. The molecule has 2 rings (SSSR count). The Hall–Kier alpha value is -1.84. The van der Waals surface area contributed by atoms with Gasteiger partial charge in [0.15, 0.2) is 0 Å². The Kier molecular flexibility index (Phi) is 5.99. The van der Waals surface area contributed by atoms with Crippen LogP contribution in [0.4, 0.5) is 0 Å². The number of carboxylic acid groups (broad SMARTS) is 1. The van der Waals surface area contributed by atoms with Crippen molar-refractivity contribution in [3.8, 4) is 0 Å². The van der Waals surface area contributed by atoms with Gasteiger partial charge in [0.05, 0.1) is 0 Å². The van der Waals surface area contributed by atoms with E-state index in [0.29, 0.717) is 19.4 Å². The molecule has 0 saturated carbocycles. The van der Waals surface area contributed by atoms with E-state index < -0.39 is 12.0 Å². The van der Waals surface area contributed by atoms with Crippen LogP contribution in [0.2, 0.25) is 0 Å². The molecular formula is C18H25NO3. The van der Waals surface area contributed by atoms with E-state index in [4.69, 9.17) is 0 Å². The van der Waals surface area contributed by atoms with Gasteiger partial charge in [-0.3, -0.25) is 4.79 Å². The summed E-state index contributed by atoms with van der Waals surface area (Å²) in [6.45, 7) is 2.58. The topological polar surface area (TPSA) is 57.6 Å². The molecular weight excluding hydrogens is 278 g/mol. The number of fused-ring (bicyclic) bond motifs is 1. The van der Waals surface area contributed by atoms with Gasteiger partial charge in [0.2, 0.25) is 5.91 Å². The molecule has 120 valence electrons. The summed E-state index contributed by atoms with van der Waals surface area (Å²) in [5.41, 5.74) is 2.11. The van der Waals surface area contributed by atoms with Crippen LogP contribution in [0.25, 0.3) is 0 Å². The minimum absolute atomic E-state index is 0.0293. The third-order valence-corrected chi connectivity index (χ3v) is 4.35. The maximum Gasteiger partial charge on any atom is 0.326 e. The second kappa shape index (κ2) is 7.97. The highest BCUT2D eigenvalue weighted by Crippen LogP contribution is 2.24. The van der Waals surface area contributed by atoms with Crippen molar-refractivity contribution in [3.63, 3.8) is 0 Å². The van der Waals surface area contributed by atoms with Gasteiger partial charge < -0.3 is 10.0 Å². The SMILES string of the molecule is CCCCCCCC(=O)N1Cc2ccccc2C[C@H]1C(=O)O. The van der Waals surface area contributed by atoms with Crippen molar-refractivity contribution in [2.75, 3.05) is 0 Å². The molecule has 0 unspecified atom stereocenters. The van der Waals surface area contributed by atoms with Crippen LogP contribution in [-0.2, 0) is 22.6 Å². The van der Waals surface area contributed by atoms with Crippen LogP contribution in [0, 0.1) is 0 Å². The average Bonchev–Trinajstić information content (AvgIpc) is 2.53. The summed E-state index contributed by atoms with van der Waals surface area (Å²) in [5, 5.41) is 9.43. The number of rotatable bonds is 7. The highest BCUT2D eigenvalue weighted by atomic mass is 16.4. The number of amides is 1. The minimum Gasteiger partial charge on any atom is -0.480 e. The monoisotopic (exact) mass is 303 g/mol. The summed E-state index contributed by atoms with van der Waals surface area (Å²) in [7, 11) is 0. The Bertz CT molecular complexity index is 527. The van der Waals surface area contributed by atoms with Crippen molar-refractivity contribution in [2.24, 2.45) is 0 Å². The van der Waals surface area contributed by atoms with Crippen molar-refractivity contribution >= 4 is 11.9 Å². The third kappa shape index (κ3) is 4.09. The molecule has 1 heterocycles. The van der Waals surface area contributed by atoms with Crippen LogP contribution >= 0.6 is 0 Å². The van der Waals surface area contributed by atoms with Crippen LogP contribution in [-0.4, -0.2) is 27.9 Å². The molecule has 0 radical (unpaired) electrons. The van der Waals surface area contributed by atoms with E-state index >= 15 is 0 Å². The molecule has 22 heavy (non-hydrogen) atoms. The molecule has 1 amide bonds. The van der Waals surface area contributed by atoms with Crippen molar-refractivity contribution in [3.05, 3.63) is 35.4 Å². The summed E-state index contributed by atoms with van der Waals surface area (Å²) < 4.78 is 0. The number of aliphatic carboxylic acids is 1. The van der Waals surface area contributed by atoms with Gasteiger partial charge in [0, 0.05) is 19.4 Å². The zero-order valence-electron chi connectivity index (χ0n) is 13.3. The standard InChI is InChI=1S/C18H25NO3/c1-2-3-4-5-6-11-17(20)19-13-15-10-8-7-9-14(15)12-16(19)18(21)22/h7-10,16H,2-6,11-13H2,1H3,(H,21,22)/t16-/m0/s1. The van der Waals surface area contributed by atoms with Crippen molar-refractivity contribution in [2.45, 2.75) is 64.5 Å². The van der Waals surface area contributed by atoms with Gasteiger partial charge in [0.1, 0.15) is 6.04 Å². The van der Waals surface area contributed by atoms with E-state index in [1.54, 1.807) is 4.90 Å². The second-order valence-electron chi connectivity index (χ2n) is 6.01. The highest BCUT2D eigenvalue weighted by Gasteiger charge is 2.33. The van der Waals surface area contributed by atoms with E-state index in [2.05, 4.69) is 6.92 Å². The number of benzene rings is 1. The van der Waals surface area contributed by atoms with Crippen LogP contribution in [0.1, 0.15) is 56.6 Å². The van der Waals surface area contributed by atoms with Gasteiger partial charge >= 0.3 is 5.97 Å². The number of carbonyl (C=O) groups is 2. The van der Waals surface area contributed by atoms with Crippen molar-refractivity contribution in [1.82, 2.24) is 4.90 Å². The largest absolute Gasteiger partial charge is 0.480 e. The predicted molar refractivity (Wildman–Crippen MR) is 85.5 cm³/mol. The lowest BCUT2D eigenvalue weighted by Crippen LogP contribution is -2.48. The molecule has 1 N–H and O–H groups in total. The first-order valence-electron chi connectivity index (χ1n) is 8.22. The van der Waals surface area contributed by atoms with Gasteiger partial charge in [-0.05, 0) is 17.5 Å². The van der Waals surface area contributed by atoms with Gasteiger partial charge in [-0.25, -0.2) is 4.79 Å². The Morgan fingerprint density at radius 1 is 1.14 bits per heavy atom. The molecule has 1 aromatic carbocycles. The lowest BCUT2D eigenvalue weighted by molar-refractivity contribution is -0.151. The van der Waals surface area contributed by atoms with Crippen LogP contribution in [0.3, 0.4) is 0 Å². The molecule has 1 aliphatic rings. The second-order valence-corrected chi connectivity index (χ2v) is 6.01. The molecule has 0 saturated heterocycles. The number of carbonyl (C=O) groups excluding carboxylic acids is 1. The van der Waals surface area contributed by atoms with E-state index in [0.717, 1.165) is 30.4 Å². The van der Waals surface area contributed by atoms with Gasteiger partial charge in [0.25, 0.3) is 0 Å². The fourth-order valence-corrected chi connectivity index (χ4v) is 3.03. The number of carboxylic acids is 1. The van der Waals surface area contributed by atoms with Crippen LogP contribution in [0.5, 0.6) is 0 Å². The van der Waals surface area contributed by atoms with Gasteiger partial charge in [-0.15, -0.1) is 0 Å². The quantitative estimate of drug-likeness (QED) is 0.786. The average molecular weight is 303 g/mol. The van der Waals surface area contributed by atoms with E-state index in [1.165, 1.54) is 12.8 Å². The summed E-state index contributed by atoms with van der Waals surface area (Å²) in [6, 6.07) is 7.07. The lowest BCUT2D eigenvalue weighted by atomic mass is 9.93. The van der Waals surface area contributed by atoms with E-state index in [9.17, 15) is 14.7 Å². The molecule has 0 aliphatic carbocycles. The highest BCUT2D eigenvalue weighted by molar-refractivity contribution is 5.84. The predicted octanol–water partition coefficient (Wildman–Crippen LogP) is 3.39. The van der Waals surface area contributed by atoms with Gasteiger partial charge in [-0.1, -0.05) is 56.9 Å². The maximum atomic E-state index is 12.4. The third-order valence-electron chi connectivity index (χ3n) is 4.35. The first-order valence-corrected chi connectivity index (χ1v) is 8.22. The van der Waals surface area contributed by atoms with Gasteiger partial charge in [-0.2, -0.15) is 0 Å². The van der Waals surface area contributed by atoms with Crippen molar-refractivity contribution in [1.29, 1.82) is 0 Å². The number of hydrogen-bond donors (Lipinski definition) is 1. The van der Waals surface area contributed by atoms with E-state index in [-0.39, 0.29) is 5.91 Å². The van der Waals surface area contributed by atoms with E-state index in [1.807, 2.05) is 24.3 Å². The lowest BCUT2D eigenvalue weighted by Gasteiger charge is -2.34. The minimum atomic E-state index is -0.908. The molecule has 0 spiro atoms. The van der Waals surface area contributed by atoms with Crippen LogP contribution in [0.15, 0.2) is 24.3 Å². The molecule has 4 heteroatoms. The normalized spacial score (nSPS) is 17.1. The Labute approximate surface area is 132 Å². The smallest absolute Gasteiger partial charge is 0.326 e. The first-order chi connectivity index (χ1) is 10.6.